The topological polar surface area (TPSA) is 326 Å². The molecule has 21 nitrogen and oxygen atoms in total. The van der Waals surface area contributed by atoms with Crippen molar-refractivity contribution in [2.24, 2.45) is 52.3 Å². The Morgan fingerprint density at radius 3 is 1.46 bits per heavy atom. The third-order valence-electron chi connectivity index (χ3n) is 18.5. The summed E-state index contributed by atoms with van der Waals surface area (Å²) in [4.78, 5) is 0. The summed E-state index contributed by atoms with van der Waals surface area (Å²) in [6.07, 6.45) is -12.1. The van der Waals surface area contributed by atoms with Crippen LogP contribution in [0.5, 0.6) is 0 Å². The molecule has 12 N–H and O–H groups in total. The molecule has 0 bridgehead atoms. The second-order valence-corrected chi connectivity index (χ2v) is 23.1. The molecular weight excluding hydrogens is 949 g/mol. The van der Waals surface area contributed by atoms with Gasteiger partial charge in [0.25, 0.3) is 0 Å². The van der Waals surface area contributed by atoms with Gasteiger partial charge in [0.1, 0.15) is 73.2 Å². The fraction of sp³-hybridized carbons (Fsp3) is 1.00. The Morgan fingerprint density at radius 1 is 0.500 bits per heavy atom. The molecule has 7 aliphatic rings. The van der Waals surface area contributed by atoms with Crippen LogP contribution in [0, 0.1) is 52.3 Å². The van der Waals surface area contributed by atoms with Gasteiger partial charge in [0, 0.05) is 5.41 Å². The highest BCUT2D eigenvalue weighted by Gasteiger charge is 2.67. The van der Waals surface area contributed by atoms with Crippen molar-refractivity contribution in [3.8, 4) is 0 Å². The van der Waals surface area contributed by atoms with E-state index in [1.165, 1.54) is 0 Å². The third kappa shape index (κ3) is 12.4. The van der Waals surface area contributed by atoms with E-state index >= 15 is 0 Å². The van der Waals surface area contributed by atoms with Gasteiger partial charge in [0.15, 0.2) is 18.9 Å². The minimum atomic E-state index is -1.57. The van der Waals surface area contributed by atoms with Gasteiger partial charge in [-0.05, 0) is 91.8 Å². The average molecular weight is 1040 g/mol. The van der Waals surface area contributed by atoms with Gasteiger partial charge in [-0.25, -0.2) is 0 Å². The molecule has 3 saturated heterocycles. The second-order valence-electron chi connectivity index (χ2n) is 23.1. The van der Waals surface area contributed by atoms with Gasteiger partial charge < -0.3 is 104 Å². The van der Waals surface area contributed by atoms with Gasteiger partial charge in [-0.15, -0.1) is 0 Å². The van der Waals surface area contributed by atoms with Crippen LogP contribution in [-0.4, -0.2) is 231 Å². The lowest BCUT2D eigenvalue weighted by Crippen LogP contribution is -2.63. The molecule has 3 heterocycles. The van der Waals surface area contributed by atoms with Crippen LogP contribution in [-0.2, 0) is 42.6 Å². The van der Waals surface area contributed by atoms with Gasteiger partial charge in [0.05, 0.1) is 77.8 Å². The zero-order chi connectivity index (χ0) is 52.2. The van der Waals surface area contributed by atoms with Crippen LogP contribution in [0.25, 0.3) is 0 Å². The average Bonchev–Trinajstić information content (AvgIpc) is 3.73. The van der Waals surface area contributed by atoms with Crippen molar-refractivity contribution in [1.29, 1.82) is 0 Å². The molecule has 21 heteroatoms. The molecule has 420 valence electrons. The summed E-state index contributed by atoms with van der Waals surface area (Å²) in [6.45, 7) is 10.5. The zero-order valence-corrected chi connectivity index (χ0v) is 42.9. The van der Waals surface area contributed by atoms with Gasteiger partial charge in [-0.3, -0.25) is 0 Å². The molecule has 4 saturated carbocycles. The van der Waals surface area contributed by atoms with Crippen LogP contribution >= 0.6 is 0 Å². The minimum Gasteiger partial charge on any atom is -0.394 e. The molecule has 0 aromatic heterocycles. The van der Waals surface area contributed by atoms with Crippen LogP contribution in [0.1, 0.15) is 98.8 Å². The van der Waals surface area contributed by atoms with Gasteiger partial charge >= 0.3 is 0 Å². The van der Waals surface area contributed by atoms with Crippen molar-refractivity contribution in [2.75, 3.05) is 59.5 Å². The number of rotatable bonds is 23. The normalized spacial score (nSPS) is 48.0. The molecule has 0 amide bonds. The first-order valence-electron chi connectivity index (χ1n) is 26.9. The molecule has 7 rings (SSSR count). The summed E-state index contributed by atoms with van der Waals surface area (Å²) in [5.74, 6) is 2.05. The second kappa shape index (κ2) is 25.7. The van der Waals surface area contributed by atoms with Crippen molar-refractivity contribution < 1.29 is 104 Å². The van der Waals surface area contributed by atoms with Crippen molar-refractivity contribution in [3.63, 3.8) is 0 Å². The number of fused-ring (bicyclic) bond motifs is 5. The maximum atomic E-state index is 10.7. The van der Waals surface area contributed by atoms with E-state index in [1.807, 2.05) is 0 Å². The quantitative estimate of drug-likeness (QED) is 0.0543. The maximum Gasteiger partial charge on any atom is 0.186 e. The monoisotopic (exact) mass is 1040 g/mol. The fourth-order valence-electron chi connectivity index (χ4n) is 14.4. The van der Waals surface area contributed by atoms with Gasteiger partial charge in [0.2, 0.25) is 0 Å². The molecule has 0 spiro atoms. The standard InChI is InChI=1S/C51H90O21/c1-25(2)7-6-8-26(3)29-9-10-30-37-31(21-36(51(29,30)5)66-15-18-69-49-46(63)43(60)40(57)35(24-54)72-49)50(4)12-11-28(64-13-16-67-47-44(61)41(58)38(55)33(22-52)70-47)19-27(50)20-32(37)65-14-17-68-48-45(62)42(59)39(56)34(23-53)71-48/h25-49,52-63H,6-24H2,1-5H3/t26-,27+,28-,29-,30+,31+,32-,33?,34?,35?,36+,37+,38-,39-,40-,41?,42?,43?,44+,45+,46+,47-,48-,49?,50+,51-/m1/s1. The van der Waals surface area contributed by atoms with E-state index in [2.05, 4.69) is 34.6 Å². The largest absolute Gasteiger partial charge is 0.394 e. The van der Waals surface area contributed by atoms with Gasteiger partial charge in [-0.2, -0.15) is 0 Å². The number of aliphatic hydroxyl groups is 12. The molecule has 0 aromatic carbocycles. The van der Waals surface area contributed by atoms with E-state index in [0.29, 0.717) is 17.8 Å². The van der Waals surface area contributed by atoms with Crippen molar-refractivity contribution >= 4 is 0 Å². The first-order valence-corrected chi connectivity index (χ1v) is 26.9. The van der Waals surface area contributed by atoms with E-state index in [9.17, 15) is 61.3 Å². The lowest BCUT2D eigenvalue weighted by Gasteiger charge is -2.64. The summed E-state index contributed by atoms with van der Waals surface area (Å²) in [5.41, 5.74) is -0.402. The molecule has 4 aliphatic carbocycles. The summed E-state index contributed by atoms with van der Waals surface area (Å²) in [6, 6.07) is 0. The highest BCUT2D eigenvalue weighted by Crippen LogP contribution is 2.69. The number of hydrogen-bond acceptors (Lipinski definition) is 21. The van der Waals surface area contributed by atoms with Gasteiger partial charge in [-0.1, -0.05) is 53.9 Å². The van der Waals surface area contributed by atoms with Crippen molar-refractivity contribution in [2.45, 2.75) is 209 Å². The molecule has 72 heavy (non-hydrogen) atoms. The summed E-state index contributed by atoms with van der Waals surface area (Å²) >= 11 is 0. The Hall–Kier alpha value is -0.840. The van der Waals surface area contributed by atoms with E-state index in [-0.39, 0.29) is 92.5 Å². The summed E-state index contributed by atoms with van der Waals surface area (Å²) in [7, 11) is 0. The fourth-order valence-corrected chi connectivity index (χ4v) is 14.4. The van der Waals surface area contributed by atoms with Crippen molar-refractivity contribution in [1.82, 2.24) is 0 Å². The van der Waals surface area contributed by atoms with Crippen LogP contribution in [0.3, 0.4) is 0 Å². The molecule has 7 fully saturated rings. The Labute approximate surface area is 423 Å². The predicted molar refractivity (Wildman–Crippen MR) is 252 cm³/mol. The van der Waals surface area contributed by atoms with Crippen molar-refractivity contribution in [3.05, 3.63) is 0 Å². The maximum absolute atomic E-state index is 10.7. The number of hydrogen-bond donors (Lipinski definition) is 12. The van der Waals surface area contributed by atoms with Crippen LogP contribution < -0.4 is 0 Å². The first kappa shape index (κ1) is 58.8. The van der Waals surface area contributed by atoms with E-state index in [1.54, 1.807) is 0 Å². The van der Waals surface area contributed by atoms with E-state index < -0.39 is 112 Å². The van der Waals surface area contributed by atoms with Crippen LogP contribution in [0.15, 0.2) is 0 Å². The Balaban J connectivity index is 1.09. The molecule has 0 aromatic rings. The molecule has 3 aliphatic heterocycles. The molecule has 0 radical (unpaired) electrons. The highest BCUT2D eigenvalue weighted by molar-refractivity contribution is 5.15. The minimum absolute atomic E-state index is 0.0102. The number of ether oxygens (including phenoxy) is 9. The van der Waals surface area contributed by atoms with E-state index in [0.717, 1.165) is 64.2 Å². The van der Waals surface area contributed by atoms with Crippen LogP contribution in [0.2, 0.25) is 0 Å². The Bertz CT molecular complexity index is 1630. The molecule has 7 unspecified atom stereocenters. The highest BCUT2D eigenvalue weighted by atomic mass is 16.7. The number of aliphatic hydroxyl groups excluding tert-OH is 12. The molecule has 26 atom stereocenters. The smallest absolute Gasteiger partial charge is 0.186 e. The molecular formula is C51H90O21. The lowest BCUT2D eigenvalue weighted by atomic mass is 9.43. The predicted octanol–water partition coefficient (Wildman–Crippen LogP) is -1.07. The Morgan fingerprint density at radius 2 is 0.972 bits per heavy atom. The summed E-state index contributed by atoms with van der Waals surface area (Å²) < 4.78 is 54.9. The zero-order valence-electron chi connectivity index (χ0n) is 42.9. The first-order chi connectivity index (χ1) is 34.3. The summed E-state index contributed by atoms with van der Waals surface area (Å²) in [5, 5.41) is 123. The van der Waals surface area contributed by atoms with E-state index in [4.69, 9.17) is 42.6 Å². The van der Waals surface area contributed by atoms with Crippen LogP contribution in [0.4, 0.5) is 0 Å². The SMILES string of the molecule is CC(C)CCC[C@@H](C)[C@H]1CC[C@H]2[C@@H]3[C@H](OCCO[C@@H]4OC(CO)[C@@H](O)C(O)[C@@H]4O)C[C@@H]4C[C@H](OCCO[C@@H]5OC(CO)[C@@H](O)C(O)[C@@H]5O)CC[C@]4(C)[C@H]3C[C@H](OCCOC3OC(CO)[C@@H](O)C(O)[C@@H]3O)[C@]12C. The third-order valence-corrected chi connectivity index (χ3v) is 18.5. The Kier molecular flexibility index (Phi) is 21.0. The lowest BCUT2D eigenvalue weighted by molar-refractivity contribution is -0.305.